The van der Waals surface area contributed by atoms with Crippen LogP contribution < -0.4 is 10.9 Å². The van der Waals surface area contributed by atoms with Crippen LogP contribution in [0.3, 0.4) is 0 Å². The van der Waals surface area contributed by atoms with Crippen molar-refractivity contribution in [2.75, 3.05) is 0 Å². The molecule has 0 aromatic carbocycles. The first-order valence-corrected chi connectivity index (χ1v) is 7.29. The molecule has 0 aliphatic carbocycles. The lowest BCUT2D eigenvalue weighted by Gasteiger charge is -2.02. The van der Waals surface area contributed by atoms with E-state index >= 15 is 0 Å². The number of carbonyl (C=O) groups is 2. The molecule has 8 heteroatoms. The van der Waals surface area contributed by atoms with Gasteiger partial charge in [-0.1, -0.05) is 0 Å². The molecule has 0 aliphatic heterocycles. The highest BCUT2D eigenvalue weighted by Crippen LogP contribution is 2.11. The van der Waals surface area contributed by atoms with Gasteiger partial charge < -0.3 is 9.40 Å². The summed E-state index contributed by atoms with van der Waals surface area (Å²) in [5.41, 5.74) is 4.88. The summed E-state index contributed by atoms with van der Waals surface area (Å²) in [4.78, 5) is 25.9. The van der Waals surface area contributed by atoms with Crippen molar-refractivity contribution in [3.8, 4) is 0 Å². The average Bonchev–Trinajstić information content (AvgIpc) is 3.02. The fourth-order valence-corrected chi connectivity index (χ4v) is 2.08. The van der Waals surface area contributed by atoms with E-state index in [9.17, 15) is 9.59 Å². The molecular formula is C12H9BrIN3O3. The van der Waals surface area contributed by atoms with Crippen molar-refractivity contribution >= 4 is 56.4 Å². The number of halogens is 2. The van der Waals surface area contributed by atoms with Crippen LogP contribution in [0.1, 0.15) is 16.2 Å². The molecule has 104 valence electrons. The Morgan fingerprint density at radius 2 is 2.15 bits per heavy atom. The maximum Gasteiger partial charge on any atom is 0.286 e. The first-order valence-electron chi connectivity index (χ1n) is 5.42. The van der Waals surface area contributed by atoms with Gasteiger partial charge >= 0.3 is 0 Å². The van der Waals surface area contributed by atoms with E-state index in [2.05, 4.69) is 31.8 Å². The molecular weight excluding hydrogens is 441 g/mol. The van der Waals surface area contributed by atoms with Crippen LogP contribution >= 0.6 is 38.5 Å². The van der Waals surface area contributed by atoms with Crippen LogP contribution in [0.25, 0.3) is 6.08 Å². The van der Waals surface area contributed by atoms with Crippen LogP contribution in [0, 0.1) is 3.77 Å². The van der Waals surface area contributed by atoms with E-state index in [-0.39, 0.29) is 0 Å². The van der Waals surface area contributed by atoms with Gasteiger partial charge in [0.2, 0.25) is 0 Å². The quantitative estimate of drug-likeness (QED) is 0.382. The highest BCUT2D eigenvalue weighted by Gasteiger charge is 2.07. The first-order chi connectivity index (χ1) is 9.54. The number of hydrazine groups is 1. The minimum atomic E-state index is -0.463. The van der Waals surface area contributed by atoms with Gasteiger partial charge in [-0.05, 0) is 62.8 Å². The van der Waals surface area contributed by atoms with Gasteiger partial charge in [0, 0.05) is 16.7 Å². The predicted octanol–water partition coefficient (Wildman–Crippen LogP) is 2.45. The number of hydrogen-bond donors (Lipinski definition) is 3. The first kappa shape index (κ1) is 14.9. The molecule has 2 aromatic rings. The summed E-state index contributed by atoms with van der Waals surface area (Å²) >= 11 is 5.24. The number of hydrogen-bond acceptors (Lipinski definition) is 3. The molecule has 2 aromatic heterocycles. The Morgan fingerprint density at radius 1 is 1.35 bits per heavy atom. The molecule has 0 saturated carbocycles. The lowest BCUT2D eigenvalue weighted by Crippen LogP contribution is -2.40. The summed E-state index contributed by atoms with van der Waals surface area (Å²) in [6.45, 7) is 0. The number of aromatic amines is 1. The molecule has 0 radical (unpaired) electrons. The minimum Gasteiger partial charge on any atom is -0.451 e. The van der Waals surface area contributed by atoms with Crippen molar-refractivity contribution < 1.29 is 14.0 Å². The Kier molecular flexibility index (Phi) is 5.01. The lowest BCUT2D eigenvalue weighted by atomic mass is 10.4. The third-order valence-corrected chi connectivity index (χ3v) is 3.22. The second-order valence-corrected chi connectivity index (χ2v) is 5.63. The summed E-state index contributed by atoms with van der Waals surface area (Å²) in [5, 5.41) is 0. The van der Waals surface area contributed by atoms with Gasteiger partial charge in [0.15, 0.2) is 3.77 Å². The zero-order valence-electron chi connectivity index (χ0n) is 9.94. The molecule has 0 aliphatic rings. The second-order valence-electron chi connectivity index (χ2n) is 3.65. The fraction of sp³-hybridized carbons (Fsp3) is 0. The molecule has 0 fully saturated rings. The van der Waals surface area contributed by atoms with Gasteiger partial charge in [0.1, 0.15) is 11.5 Å². The van der Waals surface area contributed by atoms with E-state index in [0.717, 1.165) is 8.24 Å². The molecule has 2 amide bonds. The van der Waals surface area contributed by atoms with Crippen molar-refractivity contribution in [1.82, 2.24) is 15.8 Å². The number of rotatable bonds is 3. The van der Waals surface area contributed by atoms with Gasteiger partial charge in [-0.15, -0.1) is 0 Å². The van der Waals surface area contributed by atoms with Gasteiger partial charge in [-0.3, -0.25) is 20.4 Å². The van der Waals surface area contributed by atoms with Gasteiger partial charge in [0.25, 0.3) is 11.8 Å². The van der Waals surface area contributed by atoms with E-state index in [4.69, 9.17) is 4.42 Å². The number of aromatic nitrogens is 1. The van der Waals surface area contributed by atoms with Gasteiger partial charge in [-0.25, -0.2) is 0 Å². The molecule has 0 atom stereocenters. The van der Waals surface area contributed by atoms with E-state index in [1.54, 1.807) is 24.4 Å². The summed E-state index contributed by atoms with van der Waals surface area (Å²) < 4.78 is 6.73. The van der Waals surface area contributed by atoms with E-state index in [0.29, 0.717) is 11.5 Å². The van der Waals surface area contributed by atoms with E-state index in [1.165, 1.54) is 12.2 Å². The molecule has 0 bridgehead atoms. The highest BCUT2D eigenvalue weighted by atomic mass is 127. The Hall–Kier alpha value is -1.55. The Labute approximate surface area is 136 Å². The predicted molar refractivity (Wildman–Crippen MR) is 84.6 cm³/mol. The second kappa shape index (κ2) is 6.75. The maximum atomic E-state index is 11.6. The summed E-state index contributed by atoms with van der Waals surface area (Å²) in [7, 11) is 0. The maximum absolute atomic E-state index is 11.6. The van der Waals surface area contributed by atoms with E-state index in [1.807, 2.05) is 22.6 Å². The lowest BCUT2D eigenvalue weighted by molar-refractivity contribution is -0.117. The molecule has 0 saturated heterocycles. The summed E-state index contributed by atoms with van der Waals surface area (Å²) in [5.74, 6) is -0.343. The smallest absolute Gasteiger partial charge is 0.286 e. The molecule has 0 spiro atoms. The SMILES string of the molecule is O=C(/C=C/c1ccc(I)o1)NNC(=O)c1cc(Br)c[nH]1. The normalized spacial score (nSPS) is 10.7. The highest BCUT2D eigenvalue weighted by molar-refractivity contribution is 14.1. The molecule has 0 unspecified atom stereocenters. The van der Waals surface area contributed by atoms with Gasteiger partial charge in [-0.2, -0.15) is 0 Å². The molecule has 6 nitrogen and oxygen atoms in total. The third kappa shape index (κ3) is 4.23. The van der Waals surface area contributed by atoms with Crippen LogP contribution in [0.4, 0.5) is 0 Å². The minimum absolute atomic E-state index is 0.335. The van der Waals surface area contributed by atoms with E-state index < -0.39 is 11.8 Å². The third-order valence-electron chi connectivity index (χ3n) is 2.18. The number of nitrogens with one attached hydrogen (secondary N) is 3. The number of H-pyrrole nitrogens is 1. The number of carbonyl (C=O) groups excluding carboxylic acids is 2. The van der Waals surface area contributed by atoms with Crippen LogP contribution in [0.2, 0.25) is 0 Å². The number of furan rings is 1. The fourth-order valence-electron chi connectivity index (χ4n) is 1.30. The van der Waals surface area contributed by atoms with Crippen molar-refractivity contribution in [2.24, 2.45) is 0 Å². The largest absolute Gasteiger partial charge is 0.451 e. The van der Waals surface area contributed by atoms with Crippen LogP contribution in [-0.2, 0) is 4.79 Å². The molecule has 3 N–H and O–H groups in total. The summed E-state index contributed by atoms with van der Waals surface area (Å²) in [6, 6.07) is 5.12. The van der Waals surface area contributed by atoms with Crippen LogP contribution in [0.15, 0.2) is 39.4 Å². The number of amides is 2. The van der Waals surface area contributed by atoms with Crippen LogP contribution in [-0.4, -0.2) is 16.8 Å². The van der Waals surface area contributed by atoms with Crippen molar-refractivity contribution in [2.45, 2.75) is 0 Å². The zero-order chi connectivity index (χ0) is 14.5. The Morgan fingerprint density at radius 3 is 2.75 bits per heavy atom. The average molecular weight is 450 g/mol. The van der Waals surface area contributed by atoms with Gasteiger partial charge in [0.05, 0.1) is 0 Å². The summed E-state index contributed by atoms with van der Waals surface area (Å²) in [6.07, 6.45) is 4.39. The zero-order valence-corrected chi connectivity index (χ0v) is 13.7. The standard InChI is InChI=1S/C12H9BrIN3O3/c13-7-5-9(15-6-7)12(19)17-16-11(18)4-2-8-1-3-10(14)20-8/h1-6,15H,(H,16,18)(H,17,19)/b4-2+. The Balaban J connectivity index is 1.83. The monoisotopic (exact) mass is 449 g/mol. The molecule has 20 heavy (non-hydrogen) atoms. The van der Waals surface area contributed by atoms with Crippen molar-refractivity contribution in [3.63, 3.8) is 0 Å². The Bertz CT molecular complexity index is 662. The molecule has 2 rings (SSSR count). The topological polar surface area (TPSA) is 87.1 Å². The molecule has 2 heterocycles. The van der Waals surface area contributed by atoms with Crippen LogP contribution in [0.5, 0.6) is 0 Å². The van der Waals surface area contributed by atoms with Crippen molar-refractivity contribution in [1.29, 1.82) is 0 Å². The van der Waals surface area contributed by atoms with Crippen molar-refractivity contribution in [3.05, 3.63) is 50.2 Å².